The van der Waals surface area contributed by atoms with Crippen LogP contribution < -0.4 is 0 Å². The molecule has 0 spiro atoms. The van der Waals surface area contributed by atoms with Crippen molar-refractivity contribution in [3.63, 3.8) is 0 Å². The predicted molar refractivity (Wildman–Crippen MR) is 27.8 cm³/mol. The van der Waals surface area contributed by atoms with Crippen LogP contribution in [0.25, 0.3) is 0 Å². The van der Waals surface area contributed by atoms with Crippen LogP contribution in [-0.4, -0.2) is 74.5 Å². The van der Waals surface area contributed by atoms with Crippen molar-refractivity contribution in [2.75, 3.05) is 0 Å². The second kappa shape index (κ2) is 8.60. The first-order valence-corrected chi connectivity index (χ1v) is 1.11. The SMILES string of the molecule is O=[N+]([O-])O[N+](=O)O.[NaH].[NaH]. The van der Waals surface area contributed by atoms with Gasteiger partial charge in [0, 0.05) is 0 Å². The molecular formula is H3N2Na2O5+. The summed E-state index contributed by atoms with van der Waals surface area (Å²) >= 11 is 0. The van der Waals surface area contributed by atoms with Gasteiger partial charge in [-0.2, -0.15) is 0 Å². The van der Waals surface area contributed by atoms with Crippen molar-refractivity contribution in [3.05, 3.63) is 15.0 Å². The van der Waals surface area contributed by atoms with E-state index in [-0.39, 0.29) is 59.1 Å². The summed E-state index contributed by atoms with van der Waals surface area (Å²) < 4.78 is 0. The molecule has 0 aliphatic heterocycles. The third-order valence-corrected chi connectivity index (χ3v) is 0.137. The zero-order chi connectivity index (χ0) is 5.86. The Balaban J connectivity index is -0.000000180. The fraction of sp³-hybridized carbons (Fsp3) is 0. The van der Waals surface area contributed by atoms with Crippen LogP contribution in [0.1, 0.15) is 0 Å². The Morgan fingerprint density at radius 1 is 1.33 bits per heavy atom. The van der Waals surface area contributed by atoms with Gasteiger partial charge in [-0.05, 0) is 0 Å². The summed E-state index contributed by atoms with van der Waals surface area (Å²) in [7, 11) is 0. The van der Waals surface area contributed by atoms with Gasteiger partial charge in [-0.25, -0.2) is 5.21 Å². The van der Waals surface area contributed by atoms with Gasteiger partial charge in [0.25, 0.3) is 0 Å². The predicted octanol–water partition coefficient (Wildman–Crippen LogP) is -2.02. The van der Waals surface area contributed by atoms with Gasteiger partial charge in [-0.15, -0.1) is 10.1 Å². The fourth-order valence-corrected chi connectivity index (χ4v) is 0.0570. The number of hydrogen-bond acceptors (Lipinski definition) is 4. The van der Waals surface area contributed by atoms with Crippen LogP contribution in [0.5, 0.6) is 0 Å². The molecule has 0 heterocycles. The molecule has 0 bridgehead atoms. The van der Waals surface area contributed by atoms with Gasteiger partial charge >= 0.3 is 69.3 Å². The molecule has 0 fully saturated rings. The summed E-state index contributed by atoms with van der Waals surface area (Å²) in [6.45, 7) is 0. The molecule has 0 rings (SSSR count). The van der Waals surface area contributed by atoms with Crippen molar-refractivity contribution in [1.82, 2.24) is 0 Å². The molecule has 0 unspecified atom stereocenters. The van der Waals surface area contributed by atoms with Crippen LogP contribution in [0, 0.1) is 15.0 Å². The molecule has 7 nitrogen and oxygen atoms in total. The number of hydrogen-bond donors (Lipinski definition) is 1. The first-order valence-electron chi connectivity index (χ1n) is 1.11. The van der Waals surface area contributed by atoms with Gasteiger partial charge in [-0.3, -0.25) is 0 Å². The van der Waals surface area contributed by atoms with Gasteiger partial charge in [0.2, 0.25) is 0 Å². The minimum absolute atomic E-state index is 0. The topological polar surface area (TPSA) is 92.7 Å². The van der Waals surface area contributed by atoms with Gasteiger partial charge in [0.05, 0.1) is 4.94 Å². The molecule has 0 saturated heterocycles. The second-order valence-corrected chi connectivity index (χ2v) is 0.543. The molecule has 0 aromatic carbocycles. The van der Waals surface area contributed by atoms with Crippen molar-refractivity contribution >= 4 is 59.1 Å². The van der Waals surface area contributed by atoms with E-state index in [0.29, 0.717) is 0 Å². The van der Waals surface area contributed by atoms with Crippen LogP contribution in [0.15, 0.2) is 0 Å². The zero-order valence-corrected chi connectivity index (χ0v) is 2.97. The van der Waals surface area contributed by atoms with Gasteiger partial charge in [-0.1, -0.05) is 0 Å². The van der Waals surface area contributed by atoms with Crippen molar-refractivity contribution in [1.29, 1.82) is 0 Å². The minimum atomic E-state index is -1.44. The summed E-state index contributed by atoms with van der Waals surface area (Å²) in [5, 5.41) is 13.6. The molecule has 0 amide bonds. The van der Waals surface area contributed by atoms with E-state index in [0.717, 1.165) is 0 Å². The summed E-state index contributed by atoms with van der Waals surface area (Å²) in [6.07, 6.45) is 0. The van der Waals surface area contributed by atoms with Crippen LogP contribution in [0.4, 0.5) is 0 Å². The zero-order valence-electron chi connectivity index (χ0n) is 2.97. The van der Waals surface area contributed by atoms with Gasteiger partial charge in [0.15, 0.2) is 0 Å². The molecular weight excluding hydrogens is 154 g/mol. The van der Waals surface area contributed by atoms with Crippen molar-refractivity contribution in [2.24, 2.45) is 0 Å². The Hall–Kier alpha value is 0.600. The summed E-state index contributed by atoms with van der Waals surface area (Å²) in [5.41, 5.74) is 0. The molecule has 0 radical (unpaired) electrons. The molecule has 0 atom stereocenters. The van der Waals surface area contributed by atoms with E-state index in [9.17, 15) is 0 Å². The molecule has 0 aromatic heterocycles. The van der Waals surface area contributed by atoms with Crippen molar-refractivity contribution in [3.8, 4) is 0 Å². The summed E-state index contributed by atoms with van der Waals surface area (Å²) in [4.78, 5) is 20.9. The molecule has 0 aromatic rings. The first kappa shape index (κ1) is 16.3. The van der Waals surface area contributed by atoms with Gasteiger partial charge < -0.3 is 0 Å². The Bertz CT molecular complexity index is 89.1. The second-order valence-electron chi connectivity index (χ2n) is 0.543. The van der Waals surface area contributed by atoms with Gasteiger partial charge in [0.1, 0.15) is 4.91 Å². The van der Waals surface area contributed by atoms with Crippen LogP contribution in [-0.2, 0) is 4.94 Å². The third-order valence-electron chi connectivity index (χ3n) is 0.137. The molecule has 1 N–H and O–H groups in total. The van der Waals surface area contributed by atoms with E-state index < -0.39 is 10.2 Å². The van der Waals surface area contributed by atoms with Crippen LogP contribution in [0.2, 0.25) is 0 Å². The van der Waals surface area contributed by atoms with E-state index in [1.54, 1.807) is 0 Å². The fourth-order valence-electron chi connectivity index (χ4n) is 0.0570. The quantitative estimate of drug-likeness (QED) is 0.283. The molecule has 44 valence electrons. The number of rotatable bonds is 2. The maximum atomic E-state index is 9.06. The average molecular weight is 157 g/mol. The van der Waals surface area contributed by atoms with E-state index in [2.05, 4.69) is 4.94 Å². The Morgan fingerprint density at radius 2 is 1.67 bits per heavy atom. The Labute approximate surface area is 93.5 Å². The molecule has 0 aliphatic carbocycles. The van der Waals surface area contributed by atoms with Crippen LogP contribution >= 0.6 is 0 Å². The van der Waals surface area contributed by atoms with Crippen molar-refractivity contribution in [2.45, 2.75) is 0 Å². The average Bonchev–Trinajstić information content (AvgIpc) is 1.27. The monoisotopic (exact) mass is 157 g/mol. The molecule has 9 heteroatoms. The maximum absolute atomic E-state index is 9.06. The standard InChI is InChI=1S/HN2O5.2Na.2H/c3-1(4)7-2(5)6;;;;/h(H,3,4);;;;/q+1;;;;. The third kappa shape index (κ3) is 17.7. The van der Waals surface area contributed by atoms with E-state index in [4.69, 9.17) is 20.2 Å². The Kier molecular flexibility index (Phi) is 15.6. The summed E-state index contributed by atoms with van der Waals surface area (Å²) in [6, 6.07) is 0. The number of nitrogens with zero attached hydrogens (tertiary/aromatic N) is 2. The summed E-state index contributed by atoms with van der Waals surface area (Å²) in [5.74, 6) is 0. The normalized spacial score (nSPS) is 5.78. The van der Waals surface area contributed by atoms with E-state index in [1.807, 2.05) is 0 Å². The Morgan fingerprint density at radius 3 is 1.67 bits per heavy atom. The van der Waals surface area contributed by atoms with Crippen LogP contribution in [0.3, 0.4) is 0 Å². The van der Waals surface area contributed by atoms with E-state index >= 15 is 0 Å². The van der Waals surface area contributed by atoms with E-state index in [1.165, 1.54) is 0 Å². The molecule has 9 heavy (non-hydrogen) atoms. The molecule has 0 saturated carbocycles. The molecule has 0 aliphatic rings. The first-order chi connectivity index (χ1) is 3.13. The van der Waals surface area contributed by atoms with Crippen molar-refractivity contribution < 1.29 is 20.3 Å².